The molecule has 2 saturated carbocycles. The standard InChI is InChI=1S/C20H26N4O/c1-13-12-14(2)24(22-13)18-7-5-4-6-17(18)21-20(25)23(3)19(15-8-9-15)16-10-11-16/h4-7,12,15-16,19H,8-11H2,1-3H3,(H,21,25). The summed E-state index contributed by atoms with van der Waals surface area (Å²) in [5.74, 6) is 1.41. The Bertz CT molecular complexity index is 777. The molecule has 2 aliphatic carbocycles. The van der Waals surface area contributed by atoms with Crippen molar-refractivity contribution in [3.63, 3.8) is 0 Å². The summed E-state index contributed by atoms with van der Waals surface area (Å²) in [6.07, 6.45) is 5.06. The quantitative estimate of drug-likeness (QED) is 0.891. The number of nitrogens with zero attached hydrogens (tertiary/aromatic N) is 3. The molecule has 5 nitrogen and oxygen atoms in total. The first-order chi connectivity index (χ1) is 12.0. The highest BCUT2D eigenvalue weighted by molar-refractivity contribution is 5.91. The van der Waals surface area contributed by atoms with Crippen LogP contribution in [0.1, 0.15) is 37.1 Å². The van der Waals surface area contributed by atoms with Crippen LogP contribution >= 0.6 is 0 Å². The molecule has 1 aromatic heterocycles. The highest BCUT2D eigenvalue weighted by atomic mass is 16.2. The maximum absolute atomic E-state index is 12.9. The Morgan fingerprint density at radius 3 is 2.40 bits per heavy atom. The first kappa shape index (κ1) is 16.2. The maximum Gasteiger partial charge on any atom is 0.321 e. The number of amides is 2. The van der Waals surface area contributed by atoms with E-state index in [1.165, 1.54) is 25.7 Å². The Balaban J connectivity index is 1.56. The molecule has 1 heterocycles. The van der Waals surface area contributed by atoms with Crippen molar-refractivity contribution in [2.24, 2.45) is 11.8 Å². The number of rotatable bonds is 5. The number of hydrogen-bond donors (Lipinski definition) is 1. The summed E-state index contributed by atoms with van der Waals surface area (Å²) >= 11 is 0. The van der Waals surface area contributed by atoms with Gasteiger partial charge in [-0.25, -0.2) is 9.48 Å². The summed E-state index contributed by atoms with van der Waals surface area (Å²) in [7, 11) is 1.95. The summed E-state index contributed by atoms with van der Waals surface area (Å²) in [4.78, 5) is 14.8. The highest BCUT2D eigenvalue weighted by Crippen LogP contribution is 2.46. The predicted octanol–water partition coefficient (Wildman–Crippen LogP) is 4.14. The van der Waals surface area contributed by atoms with Gasteiger partial charge in [-0.1, -0.05) is 12.1 Å². The van der Waals surface area contributed by atoms with E-state index in [9.17, 15) is 4.79 Å². The first-order valence-corrected chi connectivity index (χ1v) is 9.21. The Labute approximate surface area is 149 Å². The zero-order valence-corrected chi connectivity index (χ0v) is 15.2. The molecule has 0 radical (unpaired) electrons. The van der Waals surface area contributed by atoms with E-state index in [-0.39, 0.29) is 6.03 Å². The summed E-state index contributed by atoms with van der Waals surface area (Å²) < 4.78 is 1.89. The highest BCUT2D eigenvalue weighted by Gasteiger charge is 2.45. The van der Waals surface area contributed by atoms with Gasteiger partial charge in [-0.05, 0) is 69.6 Å². The molecule has 0 bridgehead atoms. The molecule has 2 fully saturated rings. The zero-order chi connectivity index (χ0) is 17.6. The van der Waals surface area contributed by atoms with E-state index in [1.54, 1.807) is 0 Å². The van der Waals surface area contributed by atoms with E-state index in [0.29, 0.717) is 17.9 Å². The molecule has 0 aliphatic heterocycles. The van der Waals surface area contributed by atoms with Crippen LogP contribution in [0.25, 0.3) is 5.69 Å². The lowest BCUT2D eigenvalue weighted by Crippen LogP contribution is -2.42. The molecule has 2 aromatic rings. The first-order valence-electron chi connectivity index (χ1n) is 9.21. The van der Waals surface area contributed by atoms with Crippen molar-refractivity contribution in [2.75, 3.05) is 12.4 Å². The lowest BCUT2D eigenvalue weighted by Gasteiger charge is -2.29. The number of carbonyl (C=O) groups is 1. The van der Waals surface area contributed by atoms with Crippen molar-refractivity contribution >= 4 is 11.7 Å². The lowest BCUT2D eigenvalue weighted by molar-refractivity contribution is 0.187. The Hall–Kier alpha value is -2.30. The fourth-order valence-electron chi connectivity index (χ4n) is 3.87. The van der Waals surface area contributed by atoms with Gasteiger partial charge in [0.2, 0.25) is 0 Å². The number of urea groups is 1. The van der Waals surface area contributed by atoms with Crippen molar-refractivity contribution in [3.05, 3.63) is 41.7 Å². The van der Waals surface area contributed by atoms with Gasteiger partial charge in [-0.15, -0.1) is 0 Å². The number of benzene rings is 1. The largest absolute Gasteiger partial charge is 0.324 e. The van der Waals surface area contributed by atoms with E-state index in [1.807, 2.05) is 60.8 Å². The van der Waals surface area contributed by atoms with Gasteiger partial charge >= 0.3 is 6.03 Å². The summed E-state index contributed by atoms with van der Waals surface area (Å²) in [6.45, 7) is 4.01. The van der Waals surface area contributed by atoms with Crippen molar-refractivity contribution < 1.29 is 4.79 Å². The van der Waals surface area contributed by atoms with E-state index in [4.69, 9.17) is 0 Å². The third-order valence-electron chi connectivity index (χ3n) is 5.36. The van der Waals surface area contributed by atoms with Crippen LogP contribution in [0.15, 0.2) is 30.3 Å². The van der Waals surface area contributed by atoms with Gasteiger partial charge < -0.3 is 10.2 Å². The topological polar surface area (TPSA) is 50.2 Å². The minimum Gasteiger partial charge on any atom is -0.324 e. The predicted molar refractivity (Wildman–Crippen MR) is 99.1 cm³/mol. The van der Waals surface area contributed by atoms with Gasteiger partial charge in [-0.3, -0.25) is 0 Å². The van der Waals surface area contributed by atoms with E-state index in [0.717, 1.165) is 22.8 Å². The molecule has 1 N–H and O–H groups in total. The average Bonchev–Trinajstić information content (AvgIpc) is 3.49. The van der Waals surface area contributed by atoms with Crippen LogP contribution in [0, 0.1) is 25.7 Å². The minimum absolute atomic E-state index is 0.0159. The normalized spacial score (nSPS) is 17.0. The van der Waals surface area contributed by atoms with Gasteiger partial charge in [0.05, 0.1) is 17.1 Å². The lowest BCUT2D eigenvalue weighted by atomic mass is 10.1. The van der Waals surface area contributed by atoms with Crippen molar-refractivity contribution in [2.45, 2.75) is 45.6 Å². The Morgan fingerprint density at radius 1 is 1.20 bits per heavy atom. The van der Waals surface area contributed by atoms with Crippen LogP contribution in [-0.4, -0.2) is 33.8 Å². The van der Waals surface area contributed by atoms with E-state index >= 15 is 0 Å². The molecule has 132 valence electrons. The van der Waals surface area contributed by atoms with Gasteiger partial charge in [0.25, 0.3) is 0 Å². The van der Waals surface area contributed by atoms with Gasteiger partial charge in [0.1, 0.15) is 0 Å². The van der Waals surface area contributed by atoms with Crippen LogP contribution in [0.2, 0.25) is 0 Å². The van der Waals surface area contributed by atoms with Crippen LogP contribution in [0.4, 0.5) is 10.5 Å². The molecule has 2 aliphatic rings. The number of aromatic nitrogens is 2. The van der Waals surface area contributed by atoms with Crippen molar-refractivity contribution in [1.82, 2.24) is 14.7 Å². The molecule has 0 spiro atoms. The average molecular weight is 338 g/mol. The second-order valence-corrected chi connectivity index (χ2v) is 7.56. The Morgan fingerprint density at radius 2 is 1.84 bits per heavy atom. The minimum atomic E-state index is -0.0159. The van der Waals surface area contributed by atoms with E-state index < -0.39 is 0 Å². The SMILES string of the molecule is Cc1cc(C)n(-c2ccccc2NC(=O)N(C)C(C2CC2)C2CC2)n1. The molecule has 25 heavy (non-hydrogen) atoms. The molecular weight excluding hydrogens is 312 g/mol. The molecule has 0 atom stereocenters. The number of carbonyl (C=O) groups excluding carboxylic acids is 1. The number of hydrogen-bond acceptors (Lipinski definition) is 2. The van der Waals surface area contributed by atoms with Crippen LogP contribution in [-0.2, 0) is 0 Å². The number of aryl methyl sites for hydroxylation is 2. The van der Waals surface area contributed by atoms with Crippen LogP contribution in [0.5, 0.6) is 0 Å². The molecule has 5 heteroatoms. The number of nitrogens with one attached hydrogen (secondary N) is 1. The summed E-state index contributed by atoms with van der Waals surface area (Å²) in [6, 6.07) is 10.3. The van der Waals surface area contributed by atoms with E-state index in [2.05, 4.69) is 10.4 Å². The third-order valence-corrected chi connectivity index (χ3v) is 5.36. The molecule has 1 aromatic carbocycles. The summed E-state index contributed by atoms with van der Waals surface area (Å²) in [5.41, 5.74) is 3.74. The second kappa shape index (κ2) is 6.21. The molecule has 0 saturated heterocycles. The molecule has 0 unspecified atom stereocenters. The Kier molecular flexibility index (Phi) is 4.02. The number of para-hydroxylation sites is 2. The van der Waals surface area contributed by atoms with Crippen LogP contribution < -0.4 is 5.32 Å². The number of anilines is 1. The van der Waals surface area contributed by atoms with Crippen molar-refractivity contribution in [1.29, 1.82) is 0 Å². The van der Waals surface area contributed by atoms with Crippen molar-refractivity contribution in [3.8, 4) is 5.69 Å². The van der Waals surface area contributed by atoms with Gasteiger partial charge in [-0.2, -0.15) is 5.10 Å². The maximum atomic E-state index is 12.9. The molecule has 4 rings (SSSR count). The van der Waals surface area contributed by atoms with Gasteiger partial charge in [0.15, 0.2) is 0 Å². The molecular formula is C20H26N4O. The fourth-order valence-corrected chi connectivity index (χ4v) is 3.87. The third kappa shape index (κ3) is 3.28. The van der Waals surface area contributed by atoms with Gasteiger partial charge in [0, 0.05) is 18.8 Å². The monoisotopic (exact) mass is 338 g/mol. The summed E-state index contributed by atoms with van der Waals surface area (Å²) in [5, 5.41) is 7.67. The second-order valence-electron chi connectivity index (χ2n) is 7.56. The smallest absolute Gasteiger partial charge is 0.321 e. The fraction of sp³-hybridized carbons (Fsp3) is 0.500. The van der Waals surface area contributed by atoms with Crippen LogP contribution in [0.3, 0.4) is 0 Å². The molecule has 2 amide bonds. The zero-order valence-electron chi connectivity index (χ0n) is 15.2.